The van der Waals surface area contributed by atoms with Crippen LogP contribution in [0.15, 0.2) is 94.9 Å². The maximum absolute atomic E-state index is 14.0. The van der Waals surface area contributed by atoms with Crippen molar-refractivity contribution in [2.45, 2.75) is 43.5 Å². The zero-order chi connectivity index (χ0) is 27.5. The summed E-state index contributed by atoms with van der Waals surface area (Å²) in [4.78, 5) is 4.97. The van der Waals surface area contributed by atoms with Crippen molar-refractivity contribution in [1.82, 2.24) is 9.29 Å². The predicted molar refractivity (Wildman–Crippen MR) is 151 cm³/mol. The quantitative estimate of drug-likeness (QED) is 0.275. The summed E-state index contributed by atoms with van der Waals surface area (Å²) in [5.74, 6) is 0. The van der Waals surface area contributed by atoms with Gasteiger partial charge in [0.05, 0.1) is 9.79 Å². The number of benzene rings is 3. The first-order chi connectivity index (χ1) is 17.9. The highest BCUT2D eigenvalue weighted by atomic mass is 32.2. The van der Waals surface area contributed by atoms with Crippen LogP contribution in [0.5, 0.6) is 0 Å². The molecule has 0 aliphatic heterocycles. The number of hydrogen-bond acceptors (Lipinski definition) is 5. The van der Waals surface area contributed by atoms with Crippen LogP contribution < -0.4 is 0 Å². The van der Waals surface area contributed by atoms with Gasteiger partial charge in [-0.25, -0.2) is 16.8 Å². The summed E-state index contributed by atoms with van der Waals surface area (Å²) in [5.41, 5.74) is 5.77. The molecular weight excluding hydrogens is 516 g/mol. The Kier molecular flexibility index (Phi) is 8.16. The van der Waals surface area contributed by atoms with Gasteiger partial charge >= 0.3 is 0 Å². The molecule has 0 bridgehead atoms. The first-order valence-corrected chi connectivity index (χ1v) is 15.7. The highest BCUT2D eigenvalue weighted by Gasteiger charge is 2.28. The molecule has 4 aromatic rings. The normalized spacial score (nSPS) is 12.1. The van der Waals surface area contributed by atoms with E-state index in [0.29, 0.717) is 11.3 Å². The summed E-state index contributed by atoms with van der Waals surface area (Å²) in [7, 11) is -7.11. The Bertz CT molecular complexity index is 1630. The van der Waals surface area contributed by atoms with Gasteiger partial charge in [0.2, 0.25) is 10.0 Å². The van der Waals surface area contributed by atoms with E-state index in [0.717, 1.165) is 39.1 Å². The zero-order valence-electron chi connectivity index (χ0n) is 22.0. The molecule has 1 aromatic heterocycles. The van der Waals surface area contributed by atoms with Crippen LogP contribution in [0.25, 0.3) is 11.1 Å². The monoisotopic (exact) mass is 548 g/mol. The molecule has 0 amide bonds. The molecule has 38 heavy (non-hydrogen) atoms. The molecular formula is C30H32N2O4S2. The van der Waals surface area contributed by atoms with Gasteiger partial charge in [-0.3, -0.25) is 4.98 Å². The average Bonchev–Trinajstić information content (AvgIpc) is 2.86. The second-order valence-electron chi connectivity index (χ2n) is 9.63. The third-order valence-corrected chi connectivity index (χ3v) is 9.72. The van der Waals surface area contributed by atoms with Crippen molar-refractivity contribution in [1.29, 1.82) is 0 Å². The van der Waals surface area contributed by atoms with Crippen molar-refractivity contribution >= 4 is 19.9 Å². The largest absolute Gasteiger partial charge is 0.261 e. The van der Waals surface area contributed by atoms with E-state index in [4.69, 9.17) is 0 Å². The fourth-order valence-electron chi connectivity index (χ4n) is 4.68. The predicted octanol–water partition coefficient (Wildman–Crippen LogP) is 5.51. The molecule has 1 heterocycles. The van der Waals surface area contributed by atoms with Crippen LogP contribution >= 0.6 is 0 Å². The Hall–Kier alpha value is -3.33. The van der Waals surface area contributed by atoms with Crippen LogP contribution in [0.2, 0.25) is 0 Å². The van der Waals surface area contributed by atoms with E-state index in [1.807, 2.05) is 81.4 Å². The van der Waals surface area contributed by atoms with Crippen molar-refractivity contribution in [3.05, 3.63) is 113 Å². The third-order valence-electron chi connectivity index (χ3n) is 6.45. The number of hydrogen-bond donors (Lipinski definition) is 0. The van der Waals surface area contributed by atoms with Crippen LogP contribution in [-0.2, 0) is 32.8 Å². The maximum atomic E-state index is 14.0. The summed E-state index contributed by atoms with van der Waals surface area (Å²) in [5, 5.41) is 0. The van der Waals surface area contributed by atoms with Crippen LogP contribution in [0.4, 0.5) is 0 Å². The number of sulfone groups is 1. The summed E-state index contributed by atoms with van der Waals surface area (Å²) >= 11 is 0. The summed E-state index contributed by atoms with van der Waals surface area (Å²) in [6.07, 6.45) is 3.38. The molecule has 198 valence electrons. The van der Waals surface area contributed by atoms with Crippen LogP contribution in [0, 0.1) is 20.8 Å². The number of rotatable bonds is 9. The molecule has 6 nitrogen and oxygen atoms in total. The van der Waals surface area contributed by atoms with Gasteiger partial charge in [0, 0.05) is 37.7 Å². The van der Waals surface area contributed by atoms with Crippen molar-refractivity contribution in [2.24, 2.45) is 0 Å². The molecule has 0 spiro atoms. The molecule has 0 aliphatic rings. The molecule has 4 rings (SSSR count). The molecule has 0 fully saturated rings. The molecule has 0 N–H and O–H groups in total. The van der Waals surface area contributed by atoms with Gasteiger partial charge in [-0.05, 0) is 72.9 Å². The van der Waals surface area contributed by atoms with E-state index >= 15 is 0 Å². The van der Waals surface area contributed by atoms with Crippen molar-refractivity contribution < 1.29 is 16.8 Å². The Morgan fingerprint density at radius 1 is 0.763 bits per heavy atom. The topological polar surface area (TPSA) is 84.4 Å². The Morgan fingerprint density at radius 3 is 2.05 bits per heavy atom. The fourth-order valence-corrected chi connectivity index (χ4v) is 7.19. The number of pyridine rings is 1. The minimum absolute atomic E-state index is 0.200. The molecule has 8 heteroatoms. The van der Waals surface area contributed by atoms with E-state index in [1.54, 1.807) is 24.4 Å². The SMILES string of the molecule is Cc1cc(C)c(S(=O)(=O)N(CCc2ccccn2)Cc2ccc(-c3cccc(S(C)(=O)=O)c3)cc2)c(C)c1. The highest BCUT2D eigenvalue weighted by molar-refractivity contribution is 7.90. The third kappa shape index (κ3) is 6.38. The second-order valence-corrected chi connectivity index (χ2v) is 13.5. The van der Waals surface area contributed by atoms with E-state index < -0.39 is 19.9 Å². The summed E-state index contributed by atoms with van der Waals surface area (Å²) in [6, 6.07) is 23.8. The molecule has 0 aliphatic carbocycles. The minimum Gasteiger partial charge on any atom is -0.261 e. The summed E-state index contributed by atoms with van der Waals surface area (Å²) in [6.45, 7) is 6.12. The van der Waals surface area contributed by atoms with Crippen LogP contribution in [0.1, 0.15) is 27.9 Å². The van der Waals surface area contributed by atoms with E-state index in [9.17, 15) is 16.8 Å². The molecule has 3 aromatic carbocycles. The zero-order valence-corrected chi connectivity index (χ0v) is 23.7. The highest BCUT2D eigenvalue weighted by Crippen LogP contribution is 2.28. The lowest BCUT2D eigenvalue weighted by Crippen LogP contribution is -2.33. The Labute approximate surface area is 226 Å². The van der Waals surface area contributed by atoms with Crippen molar-refractivity contribution in [3.8, 4) is 11.1 Å². The molecule has 0 saturated heterocycles. The standard InChI is InChI=1S/C30H32N2O4S2/c1-22-18-23(2)30(24(3)19-22)38(35,36)32(17-15-28-9-5-6-16-31-28)21-25-11-13-26(14-12-25)27-8-7-10-29(20-27)37(4,33)34/h5-14,16,18-20H,15,17,21H2,1-4H3. The average molecular weight is 549 g/mol. The lowest BCUT2D eigenvalue weighted by Gasteiger charge is -2.25. The molecule has 0 unspecified atom stereocenters. The van der Waals surface area contributed by atoms with Gasteiger partial charge in [-0.1, -0.05) is 60.2 Å². The number of nitrogens with zero attached hydrogens (tertiary/aromatic N) is 2. The summed E-state index contributed by atoms with van der Waals surface area (Å²) < 4.78 is 53.4. The fraction of sp³-hybridized carbons (Fsp3) is 0.233. The molecule has 0 radical (unpaired) electrons. The lowest BCUT2D eigenvalue weighted by atomic mass is 10.0. The van der Waals surface area contributed by atoms with Crippen molar-refractivity contribution in [2.75, 3.05) is 12.8 Å². The van der Waals surface area contributed by atoms with Gasteiger partial charge < -0.3 is 0 Å². The number of sulfonamides is 1. The van der Waals surface area contributed by atoms with Crippen molar-refractivity contribution in [3.63, 3.8) is 0 Å². The van der Waals surface area contributed by atoms with E-state index in [2.05, 4.69) is 4.98 Å². The first kappa shape index (κ1) is 27.7. The maximum Gasteiger partial charge on any atom is 0.243 e. The van der Waals surface area contributed by atoms with E-state index in [-0.39, 0.29) is 18.0 Å². The number of aryl methyl sites for hydroxylation is 3. The second kappa shape index (κ2) is 11.2. The first-order valence-electron chi connectivity index (χ1n) is 12.3. The smallest absolute Gasteiger partial charge is 0.243 e. The van der Waals surface area contributed by atoms with Gasteiger partial charge in [-0.15, -0.1) is 0 Å². The lowest BCUT2D eigenvalue weighted by molar-refractivity contribution is 0.407. The Balaban J connectivity index is 1.66. The Morgan fingerprint density at radius 2 is 1.45 bits per heavy atom. The van der Waals surface area contributed by atoms with Crippen LogP contribution in [-0.4, -0.2) is 38.9 Å². The van der Waals surface area contributed by atoms with Gasteiger partial charge in [0.15, 0.2) is 9.84 Å². The van der Waals surface area contributed by atoms with Gasteiger partial charge in [-0.2, -0.15) is 4.31 Å². The van der Waals surface area contributed by atoms with Gasteiger partial charge in [0.1, 0.15) is 0 Å². The minimum atomic E-state index is -3.79. The van der Waals surface area contributed by atoms with Crippen LogP contribution in [0.3, 0.4) is 0 Å². The number of aromatic nitrogens is 1. The van der Waals surface area contributed by atoms with Gasteiger partial charge in [0.25, 0.3) is 0 Å². The molecule has 0 atom stereocenters. The molecule has 0 saturated carbocycles. The van der Waals surface area contributed by atoms with E-state index in [1.165, 1.54) is 10.6 Å².